The second-order valence-electron chi connectivity index (χ2n) is 4.97. The Morgan fingerprint density at radius 2 is 2.35 bits per heavy atom. The predicted molar refractivity (Wildman–Crippen MR) is 75.0 cm³/mol. The number of likely N-dealkylation sites (N-methyl/N-ethyl adjacent to an activating group) is 1. The molecule has 3 rings (SSSR count). The van der Waals surface area contributed by atoms with Crippen molar-refractivity contribution in [3.63, 3.8) is 0 Å². The van der Waals surface area contributed by atoms with Gasteiger partial charge in [0.2, 0.25) is 5.89 Å². The average molecular weight is 294 g/mol. The predicted octanol–water partition coefficient (Wildman–Crippen LogP) is 1.52. The van der Waals surface area contributed by atoms with Gasteiger partial charge in [0, 0.05) is 23.7 Å². The summed E-state index contributed by atoms with van der Waals surface area (Å²) in [5.74, 6) is 1.48. The van der Waals surface area contributed by atoms with Gasteiger partial charge in [0.1, 0.15) is 5.01 Å². The standard InChI is InChI=1S/C13H18N4O2S/c1-8-7-20-12(15-8)5-11-16-13(19-17-11)9-6-18-4-3-10(9)14-2/h7,9-10,14H,3-6H2,1-2H3. The quantitative estimate of drug-likeness (QED) is 0.921. The smallest absolute Gasteiger partial charge is 0.233 e. The van der Waals surface area contributed by atoms with Crippen LogP contribution in [0, 0.1) is 6.92 Å². The number of rotatable bonds is 4. The van der Waals surface area contributed by atoms with E-state index in [2.05, 4.69) is 20.4 Å². The van der Waals surface area contributed by atoms with E-state index >= 15 is 0 Å². The fraction of sp³-hybridized carbons (Fsp3) is 0.615. The van der Waals surface area contributed by atoms with E-state index in [1.54, 1.807) is 11.3 Å². The molecule has 20 heavy (non-hydrogen) atoms. The maximum absolute atomic E-state index is 5.52. The Morgan fingerprint density at radius 3 is 3.10 bits per heavy atom. The molecule has 0 aromatic carbocycles. The van der Waals surface area contributed by atoms with Gasteiger partial charge in [-0.05, 0) is 20.4 Å². The maximum atomic E-state index is 5.52. The third-order valence-corrected chi connectivity index (χ3v) is 4.47. The first-order valence-electron chi connectivity index (χ1n) is 6.74. The number of nitrogens with zero attached hydrogens (tertiary/aromatic N) is 3. The molecule has 6 nitrogen and oxygen atoms in total. The summed E-state index contributed by atoms with van der Waals surface area (Å²) in [6.07, 6.45) is 1.59. The molecule has 0 radical (unpaired) electrons. The molecule has 2 aromatic heterocycles. The molecule has 1 N–H and O–H groups in total. The van der Waals surface area contributed by atoms with Crippen molar-refractivity contribution in [1.29, 1.82) is 0 Å². The second-order valence-corrected chi connectivity index (χ2v) is 5.92. The Hall–Kier alpha value is -1.31. The van der Waals surface area contributed by atoms with Gasteiger partial charge in [0.05, 0.1) is 18.9 Å². The zero-order valence-electron chi connectivity index (χ0n) is 11.6. The number of aryl methyl sites for hydroxylation is 1. The van der Waals surface area contributed by atoms with Gasteiger partial charge < -0.3 is 14.6 Å². The molecule has 1 fully saturated rings. The van der Waals surface area contributed by atoms with Crippen LogP contribution in [-0.2, 0) is 11.2 Å². The number of hydrogen-bond donors (Lipinski definition) is 1. The molecule has 0 spiro atoms. The highest BCUT2D eigenvalue weighted by Crippen LogP contribution is 2.25. The first-order valence-corrected chi connectivity index (χ1v) is 7.62. The SMILES string of the molecule is CNC1CCOCC1c1nc(Cc2nc(C)cs2)no1. The fourth-order valence-electron chi connectivity index (χ4n) is 2.44. The van der Waals surface area contributed by atoms with Crippen molar-refractivity contribution < 1.29 is 9.26 Å². The minimum Gasteiger partial charge on any atom is -0.381 e. The minimum atomic E-state index is 0.132. The highest BCUT2D eigenvalue weighted by molar-refractivity contribution is 7.09. The lowest BCUT2D eigenvalue weighted by atomic mass is 9.96. The van der Waals surface area contributed by atoms with E-state index in [1.165, 1.54) is 0 Å². The molecule has 1 saturated heterocycles. The molecule has 2 aromatic rings. The molecule has 7 heteroatoms. The van der Waals surface area contributed by atoms with Gasteiger partial charge in [-0.2, -0.15) is 4.98 Å². The van der Waals surface area contributed by atoms with Crippen LogP contribution in [0.4, 0.5) is 0 Å². The van der Waals surface area contributed by atoms with Crippen LogP contribution in [0.1, 0.15) is 34.8 Å². The molecular formula is C13H18N4O2S. The molecule has 1 aliphatic rings. The summed E-state index contributed by atoms with van der Waals surface area (Å²) in [4.78, 5) is 8.92. The Kier molecular flexibility index (Phi) is 4.09. The number of aromatic nitrogens is 3. The van der Waals surface area contributed by atoms with Crippen molar-refractivity contribution in [2.24, 2.45) is 0 Å². The molecule has 1 aliphatic heterocycles. The van der Waals surface area contributed by atoms with E-state index in [0.29, 0.717) is 30.8 Å². The lowest BCUT2D eigenvalue weighted by Crippen LogP contribution is -2.39. The van der Waals surface area contributed by atoms with Gasteiger partial charge in [-0.3, -0.25) is 0 Å². The summed E-state index contributed by atoms with van der Waals surface area (Å²) in [6, 6.07) is 0.333. The lowest BCUT2D eigenvalue weighted by Gasteiger charge is -2.28. The average Bonchev–Trinajstić information content (AvgIpc) is 3.08. The van der Waals surface area contributed by atoms with Crippen molar-refractivity contribution in [2.75, 3.05) is 20.3 Å². The van der Waals surface area contributed by atoms with Gasteiger partial charge in [-0.1, -0.05) is 5.16 Å². The van der Waals surface area contributed by atoms with E-state index in [4.69, 9.17) is 9.26 Å². The molecule has 0 bridgehead atoms. The molecule has 2 unspecified atom stereocenters. The summed E-state index contributed by atoms with van der Waals surface area (Å²) >= 11 is 1.62. The van der Waals surface area contributed by atoms with Crippen molar-refractivity contribution in [1.82, 2.24) is 20.4 Å². The zero-order chi connectivity index (χ0) is 13.9. The zero-order valence-corrected chi connectivity index (χ0v) is 12.4. The van der Waals surface area contributed by atoms with Crippen molar-refractivity contribution >= 4 is 11.3 Å². The third-order valence-electron chi connectivity index (χ3n) is 3.50. The number of hydrogen-bond acceptors (Lipinski definition) is 7. The molecular weight excluding hydrogens is 276 g/mol. The van der Waals surface area contributed by atoms with Crippen LogP contribution in [-0.4, -0.2) is 41.4 Å². The van der Waals surface area contributed by atoms with Gasteiger partial charge in [0.15, 0.2) is 5.82 Å². The molecule has 2 atom stereocenters. The summed E-state index contributed by atoms with van der Waals surface area (Å²) in [6.45, 7) is 3.39. The van der Waals surface area contributed by atoms with Gasteiger partial charge in [-0.15, -0.1) is 11.3 Å². The minimum absolute atomic E-state index is 0.132. The van der Waals surface area contributed by atoms with Crippen LogP contribution in [0.25, 0.3) is 0 Å². The Bertz CT molecular complexity index is 568. The van der Waals surface area contributed by atoms with Crippen LogP contribution >= 0.6 is 11.3 Å². The summed E-state index contributed by atoms with van der Waals surface area (Å²) < 4.78 is 10.9. The van der Waals surface area contributed by atoms with Crippen molar-refractivity contribution in [2.45, 2.75) is 31.7 Å². The molecule has 0 aliphatic carbocycles. The monoisotopic (exact) mass is 294 g/mol. The van der Waals surface area contributed by atoms with Crippen LogP contribution < -0.4 is 5.32 Å². The van der Waals surface area contributed by atoms with Crippen molar-refractivity contribution in [3.05, 3.63) is 27.8 Å². The highest BCUT2D eigenvalue weighted by Gasteiger charge is 2.30. The number of ether oxygens (including phenoxy) is 1. The highest BCUT2D eigenvalue weighted by atomic mass is 32.1. The molecule has 0 amide bonds. The second kappa shape index (κ2) is 5.99. The van der Waals surface area contributed by atoms with Gasteiger partial charge >= 0.3 is 0 Å². The van der Waals surface area contributed by atoms with Crippen molar-refractivity contribution in [3.8, 4) is 0 Å². The number of nitrogens with one attached hydrogen (secondary N) is 1. The summed E-state index contributed by atoms with van der Waals surface area (Å²) in [5.41, 5.74) is 1.03. The number of thiazole rings is 1. The fourth-order valence-corrected chi connectivity index (χ4v) is 3.20. The van der Waals surface area contributed by atoms with E-state index in [9.17, 15) is 0 Å². The van der Waals surface area contributed by atoms with Crippen LogP contribution in [0.15, 0.2) is 9.90 Å². The van der Waals surface area contributed by atoms with E-state index < -0.39 is 0 Å². The lowest BCUT2D eigenvalue weighted by molar-refractivity contribution is 0.0516. The normalized spacial score (nSPS) is 23.1. The molecule has 0 saturated carbocycles. The molecule has 108 valence electrons. The van der Waals surface area contributed by atoms with Crippen LogP contribution in [0.5, 0.6) is 0 Å². The van der Waals surface area contributed by atoms with E-state index in [1.807, 2.05) is 19.4 Å². The first-order chi connectivity index (χ1) is 9.76. The van der Waals surface area contributed by atoms with Gasteiger partial charge in [0.25, 0.3) is 0 Å². The third kappa shape index (κ3) is 2.89. The Balaban J connectivity index is 1.72. The first kappa shape index (κ1) is 13.7. The molecule has 3 heterocycles. The van der Waals surface area contributed by atoms with E-state index in [0.717, 1.165) is 23.7 Å². The Labute approximate surface area is 121 Å². The van der Waals surface area contributed by atoms with Crippen LogP contribution in [0.3, 0.4) is 0 Å². The Morgan fingerprint density at radius 1 is 1.45 bits per heavy atom. The van der Waals surface area contributed by atoms with E-state index in [-0.39, 0.29) is 5.92 Å². The topological polar surface area (TPSA) is 73.1 Å². The van der Waals surface area contributed by atoms with Gasteiger partial charge in [-0.25, -0.2) is 4.98 Å². The maximum Gasteiger partial charge on any atom is 0.233 e. The largest absolute Gasteiger partial charge is 0.381 e. The van der Waals surface area contributed by atoms with Crippen LogP contribution in [0.2, 0.25) is 0 Å². The summed E-state index contributed by atoms with van der Waals surface area (Å²) in [5, 5.41) is 10.4. The summed E-state index contributed by atoms with van der Waals surface area (Å²) in [7, 11) is 1.96.